The molecule has 0 saturated heterocycles. The molecule has 182 valence electrons. The zero-order chi connectivity index (χ0) is 25.8. The minimum absolute atomic E-state index is 0.0630. The van der Waals surface area contributed by atoms with Gasteiger partial charge >= 0.3 is 0 Å². The Hall–Kier alpha value is -4.05. The Balaban J connectivity index is 1.92. The molecule has 3 aromatic rings. The molecule has 0 aliphatic rings. The Labute approximate surface area is 204 Å². The molecule has 0 aliphatic heterocycles. The molecule has 0 spiro atoms. The number of rotatable bonds is 8. The first-order valence-corrected chi connectivity index (χ1v) is 12.2. The smallest absolute Gasteiger partial charge is 0.270 e. The van der Waals surface area contributed by atoms with Crippen molar-refractivity contribution in [1.82, 2.24) is 5.43 Å². The second-order valence-electron chi connectivity index (χ2n) is 8.08. The van der Waals surface area contributed by atoms with Crippen LogP contribution in [0, 0.1) is 30.9 Å². The van der Waals surface area contributed by atoms with Crippen LogP contribution in [0.15, 0.2) is 76.7 Å². The summed E-state index contributed by atoms with van der Waals surface area (Å²) in [7, 11) is -4.06. The van der Waals surface area contributed by atoms with Gasteiger partial charge in [0.05, 0.1) is 21.2 Å². The van der Waals surface area contributed by atoms with Crippen molar-refractivity contribution in [3.63, 3.8) is 0 Å². The quantitative estimate of drug-likeness (QED) is 0.285. The second-order valence-corrected chi connectivity index (χ2v) is 9.95. The zero-order valence-corrected chi connectivity index (χ0v) is 20.7. The summed E-state index contributed by atoms with van der Waals surface area (Å²) in [6.45, 7) is 6.60. The van der Waals surface area contributed by atoms with E-state index in [0.717, 1.165) is 21.0 Å². The number of nitrogens with zero attached hydrogens (tertiary/aromatic N) is 3. The van der Waals surface area contributed by atoms with E-state index in [9.17, 15) is 23.3 Å². The lowest BCUT2D eigenvalue weighted by Gasteiger charge is -2.26. The van der Waals surface area contributed by atoms with Crippen LogP contribution >= 0.6 is 0 Å². The molecule has 0 saturated carbocycles. The Kier molecular flexibility index (Phi) is 7.65. The number of nitrogens with one attached hydrogen (secondary N) is 1. The molecule has 1 N–H and O–H groups in total. The highest BCUT2D eigenvalue weighted by atomic mass is 32.2. The van der Waals surface area contributed by atoms with Gasteiger partial charge in [-0.05, 0) is 57.0 Å². The summed E-state index contributed by atoms with van der Waals surface area (Å²) in [5.74, 6) is -0.661. The number of carbonyl (C=O) groups is 1. The molecule has 1 amide bonds. The Morgan fingerprint density at radius 3 is 2.34 bits per heavy atom. The van der Waals surface area contributed by atoms with Crippen molar-refractivity contribution >= 4 is 33.0 Å². The third-order valence-electron chi connectivity index (χ3n) is 5.56. The molecule has 3 aromatic carbocycles. The Bertz CT molecular complexity index is 1400. The fourth-order valence-electron chi connectivity index (χ4n) is 3.36. The molecule has 0 aromatic heterocycles. The summed E-state index contributed by atoms with van der Waals surface area (Å²) in [4.78, 5) is 23.4. The van der Waals surface area contributed by atoms with Crippen LogP contribution in [-0.2, 0) is 14.8 Å². The molecule has 0 fully saturated rings. The van der Waals surface area contributed by atoms with Crippen LogP contribution in [0.1, 0.15) is 29.2 Å². The van der Waals surface area contributed by atoms with E-state index in [-0.39, 0.29) is 10.6 Å². The van der Waals surface area contributed by atoms with Gasteiger partial charge in [-0.15, -0.1) is 0 Å². The van der Waals surface area contributed by atoms with Crippen molar-refractivity contribution in [2.75, 3.05) is 10.8 Å². The summed E-state index contributed by atoms with van der Waals surface area (Å²) < 4.78 is 28.2. The number of nitro benzene ring substituents is 1. The summed E-state index contributed by atoms with van der Waals surface area (Å²) in [6.07, 6.45) is 0. The summed E-state index contributed by atoms with van der Waals surface area (Å²) >= 11 is 0. The maximum absolute atomic E-state index is 13.6. The van der Waals surface area contributed by atoms with E-state index in [2.05, 4.69) is 10.5 Å². The van der Waals surface area contributed by atoms with E-state index in [1.165, 1.54) is 30.3 Å². The first kappa shape index (κ1) is 25.6. The molecule has 0 unspecified atom stereocenters. The van der Waals surface area contributed by atoms with Gasteiger partial charge in [-0.3, -0.25) is 19.2 Å². The number of non-ortho nitro benzene ring substituents is 1. The number of hydrogen-bond donors (Lipinski definition) is 1. The lowest BCUT2D eigenvalue weighted by molar-refractivity contribution is -0.384. The molecule has 0 aliphatic carbocycles. The van der Waals surface area contributed by atoms with Crippen molar-refractivity contribution in [3.8, 4) is 0 Å². The van der Waals surface area contributed by atoms with Gasteiger partial charge in [0.1, 0.15) is 6.54 Å². The summed E-state index contributed by atoms with van der Waals surface area (Å²) in [5, 5.41) is 15.0. The number of hydrogen-bond acceptors (Lipinski definition) is 6. The Morgan fingerprint density at radius 1 is 1.03 bits per heavy atom. The van der Waals surface area contributed by atoms with Gasteiger partial charge in [0, 0.05) is 17.7 Å². The van der Waals surface area contributed by atoms with E-state index in [0.29, 0.717) is 17.0 Å². The Morgan fingerprint density at radius 2 is 1.69 bits per heavy atom. The van der Waals surface area contributed by atoms with E-state index in [4.69, 9.17) is 0 Å². The highest BCUT2D eigenvalue weighted by molar-refractivity contribution is 7.92. The van der Waals surface area contributed by atoms with Gasteiger partial charge in [-0.2, -0.15) is 5.10 Å². The highest BCUT2D eigenvalue weighted by Crippen LogP contribution is 2.28. The van der Waals surface area contributed by atoms with Crippen LogP contribution in [0.25, 0.3) is 0 Å². The van der Waals surface area contributed by atoms with Gasteiger partial charge in [0.2, 0.25) is 0 Å². The molecule has 9 nitrogen and oxygen atoms in total. The fourth-order valence-corrected chi connectivity index (χ4v) is 4.84. The fraction of sp³-hybridized carbons (Fsp3) is 0.200. The molecule has 0 heterocycles. The molecule has 0 bridgehead atoms. The van der Waals surface area contributed by atoms with E-state index < -0.39 is 27.4 Å². The molecule has 0 atom stereocenters. The maximum Gasteiger partial charge on any atom is 0.270 e. The van der Waals surface area contributed by atoms with Crippen LogP contribution in [-0.4, -0.2) is 31.5 Å². The van der Waals surface area contributed by atoms with Crippen LogP contribution in [0.2, 0.25) is 0 Å². The number of sulfonamides is 1. The molecule has 3 rings (SSSR count). The van der Waals surface area contributed by atoms with Gasteiger partial charge in [0.25, 0.3) is 21.6 Å². The van der Waals surface area contributed by atoms with Crippen molar-refractivity contribution in [2.24, 2.45) is 5.10 Å². The van der Waals surface area contributed by atoms with Crippen molar-refractivity contribution in [2.45, 2.75) is 32.6 Å². The standard InChI is InChI=1S/C25H26N4O5S/c1-17-11-13-23(14-12-17)35(33,34)28(24-10-5-7-18(2)19(24)3)16-25(30)27-26-20(4)21-8-6-9-22(15-21)29(31)32/h5-15H,16H2,1-4H3,(H,27,30)/b26-20-. The van der Waals surface area contributed by atoms with E-state index in [1.807, 2.05) is 19.9 Å². The minimum Gasteiger partial charge on any atom is -0.271 e. The van der Waals surface area contributed by atoms with Crippen molar-refractivity contribution in [3.05, 3.63) is 99.1 Å². The first-order valence-electron chi connectivity index (χ1n) is 10.7. The third-order valence-corrected chi connectivity index (χ3v) is 7.34. The molecular weight excluding hydrogens is 468 g/mol. The molecule has 0 radical (unpaired) electrons. The number of nitro groups is 1. The average Bonchev–Trinajstić information content (AvgIpc) is 2.83. The van der Waals surface area contributed by atoms with Crippen molar-refractivity contribution in [1.29, 1.82) is 0 Å². The summed E-state index contributed by atoms with van der Waals surface area (Å²) in [6, 6.07) is 17.5. The number of aryl methyl sites for hydroxylation is 2. The maximum atomic E-state index is 13.6. The van der Waals surface area contributed by atoms with E-state index in [1.54, 1.807) is 44.2 Å². The largest absolute Gasteiger partial charge is 0.271 e. The minimum atomic E-state index is -4.06. The number of carbonyl (C=O) groups excluding carboxylic acids is 1. The van der Waals surface area contributed by atoms with Gasteiger partial charge in [-0.1, -0.05) is 42.0 Å². The van der Waals surface area contributed by atoms with Gasteiger partial charge in [-0.25, -0.2) is 13.8 Å². The highest BCUT2D eigenvalue weighted by Gasteiger charge is 2.28. The van der Waals surface area contributed by atoms with Crippen LogP contribution < -0.4 is 9.73 Å². The van der Waals surface area contributed by atoms with Crippen LogP contribution in [0.3, 0.4) is 0 Å². The monoisotopic (exact) mass is 494 g/mol. The second kappa shape index (κ2) is 10.5. The lowest BCUT2D eigenvalue weighted by atomic mass is 10.1. The number of hydrazone groups is 1. The predicted molar refractivity (Wildman–Crippen MR) is 135 cm³/mol. The molecule has 10 heteroatoms. The molecule has 35 heavy (non-hydrogen) atoms. The van der Waals surface area contributed by atoms with Gasteiger partial charge in [0.15, 0.2) is 0 Å². The lowest BCUT2D eigenvalue weighted by Crippen LogP contribution is -2.40. The normalized spacial score (nSPS) is 11.7. The number of amides is 1. The summed E-state index contributed by atoms with van der Waals surface area (Å²) in [5.41, 5.74) is 5.97. The third kappa shape index (κ3) is 5.90. The topological polar surface area (TPSA) is 122 Å². The van der Waals surface area contributed by atoms with Crippen molar-refractivity contribution < 1.29 is 18.1 Å². The van der Waals surface area contributed by atoms with Gasteiger partial charge < -0.3 is 0 Å². The van der Waals surface area contributed by atoms with Crippen LogP contribution in [0.5, 0.6) is 0 Å². The SMILES string of the molecule is C/C(=N/NC(=O)CN(c1cccc(C)c1C)S(=O)(=O)c1ccc(C)cc1)c1cccc([N+](=O)[O-])c1. The van der Waals surface area contributed by atoms with Crippen LogP contribution in [0.4, 0.5) is 11.4 Å². The zero-order valence-electron chi connectivity index (χ0n) is 19.8. The number of anilines is 1. The molecular formula is C25H26N4O5S. The first-order chi connectivity index (χ1) is 16.5. The van der Waals surface area contributed by atoms with E-state index >= 15 is 0 Å². The predicted octanol–water partition coefficient (Wildman–Crippen LogP) is 4.26. The average molecular weight is 495 g/mol. The number of benzene rings is 3.